The van der Waals surface area contributed by atoms with Crippen molar-refractivity contribution in [3.8, 4) is 5.75 Å². The number of rotatable bonds is 6. The third-order valence-corrected chi connectivity index (χ3v) is 4.86. The van der Waals surface area contributed by atoms with Gasteiger partial charge in [0.1, 0.15) is 28.4 Å². The predicted molar refractivity (Wildman–Crippen MR) is 97.9 cm³/mol. The zero-order chi connectivity index (χ0) is 22.0. The molecule has 0 amide bonds. The molecule has 0 heterocycles. The smallest absolute Gasteiger partial charge is 0.428 e. The fraction of sp³-hybridized carbons (Fsp3) is 0.316. The van der Waals surface area contributed by atoms with E-state index in [1.165, 1.54) is 12.1 Å². The summed E-state index contributed by atoms with van der Waals surface area (Å²) in [6, 6.07) is 6.94. The van der Waals surface area contributed by atoms with Gasteiger partial charge < -0.3 is 4.74 Å². The number of halogens is 6. The van der Waals surface area contributed by atoms with Crippen LogP contribution in [0.3, 0.4) is 0 Å². The standard InChI is InChI=1S/C19H17F6NO2S/c1-18(2,3)29(27)26-16(11-4-6-13(20)7-5-11)12-8-14(21)10-15(9-12)28-19(24,25)17(22)23/h4-10,17H,1-3H3/b26-16-/t29-/m1/s1. The van der Waals surface area contributed by atoms with E-state index < -0.39 is 45.7 Å². The molecule has 0 aliphatic heterocycles. The highest BCUT2D eigenvalue weighted by Crippen LogP contribution is 2.29. The van der Waals surface area contributed by atoms with Gasteiger partial charge >= 0.3 is 12.5 Å². The van der Waals surface area contributed by atoms with Gasteiger partial charge in [0.2, 0.25) is 0 Å². The van der Waals surface area contributed by atoms with E-state index in [1.807, 2.05) is 0 Å². The number of benzene rings is 2. The molecule has 158 valence electrons. The number of ether oxygens (including phenoxy) is 1. The van der Waals surface area contributed by atoms with Gasteiger partial charge in [0.05, 0.1) is 10.5 Å². The zero-order valence-corrected chi connectivity index (χ0v) is 16.4. The lowest BCUT2D eigenvalue weighted by molar-refractivity contribution is -0.253. The van der Waals surface area contributed by atoms with Crippen molar-refractivity contribution in [1.29, 1.82) is 0 Å². The first kappa shape index (κ1) is 22.9. The minimum Gasteiger partial charge on any atom is -0.428 e. The van der Waals surface area contributed by atoms with Crippen LogP contribution in [-0.2, 0) is 11.0 Å². The van der Waals surface area contributed by atoms with Crippen LogP contribution < -0.4 is 4.74 Å². The van der Waals surface area contributed by atoms with Crippen LogP contribution in [0, 0.1) is 11.6 Å². The molecule has 2 aromatic rings. The molecule has 0 N–H and O–H groups in total. The van der Waals surface area contributed by atoms with Crippen LogP contribution in [0.1, 0.15) is 31.9 Å². The van der Waals surface area contributed by atoms with Gasteiger partial charge in [-0.2, -0.15) is 22.0 Å². The highest BCUT2D eigenvalue weighted by Gasteiger charge is 2.44. The fourth-order valence-electron chi connectivity index (χ4n) is 2.06. The molecule has 0 saturated carbocycles. The first-order chi connectivity index (χ1) is 13.3. The molecule has 0 fully saturated rings. The first-order valence-corrected chi connectivity index (χ1v) is 9.33. The van der Waals surface area contributed by atoms with Crippen LogP contribution in [0.2, 0.25) is 0 Å². The van der Waals surface area contributed by atoms with E-state index in [0.29, 0.717) is 6.07 Å². The van der Waals surface area contributed by atoms with E-state index in [-0.39, 0.29) is 16.8 Å². The van der Waals surface area contributed by atoms with Gasteiger partial charge in [-0.3, -0.25) is 0 Å². The van der Waals surface area contributed by atoms with Crippen molar-refractivity contribution >= 4 is 16.7 Å². The highest BCUT2D eigenvalue weighted by molar-refractivity contribution is 7.85. The maximum absolute atomic E-state index is 14.0. The molecule has 0 spiro atoms. The van der Waals surface area contributed by atoms with Crippen molar-refractivity contribution < 1.29 is 35.3 Å². The Bertz CT molecular complexity index is 923. The van der Waals surface area contributed by atoms with Crippen LogP contribution in [0.25, 0.3) is 0 Å². The van der Waals surface area contributed by atoms with E-state index in [1.54, 1.807) is 20.8 Å². The summed E-state index contributed by atoms with van der Waals surface area (Å²) in [4.78, 5) is 0. The van der Waals surface area contributed by atoms with Gasteiger partial charge in [-0.05, 0) is 57.2 Å². The molecule has 0 saturated heterocycles. The molecule has 2 rings (SSSR count). The molecule has 0 aliphatic rings. The molecule has 0 bridgehead atoms. The lowest BCUT2D eigenvalue weighted by Crippen LogP contribution is -2.33. The Balaban J connectivity index is 2.60. The molecule has 3 nitrogen and oxygen atoms in total. The van der Waals surface area contributed by atoms with E-state index >= 15 is 0 Å². The molecule has 0 aromatic heterocycles. The maximum atomic E-state index is 14.0. The Morgan fingerprint density at radius 2 is 1.55 bits per heavy atom. The van der Waals surface area contributed by atoms with Gasteiger partial charge in [-0.1, -0.05) is 0 Å². The van der Waals surface area contributed by atoms with Crippen LogP contribution in [0.5, 0.6) is 5.75 Å². The quantitative estimate of drug-likeness (QED) is 0.442. The second kappa shape index (κ2) is 8.56. The summed E-state index contributed by atoms with van der Waals surface area (Å²) >= 11 is 0. The molecular formula is C19H17F6NO2S. The van der Waals surface area contributed by atoms with E-state index in [9.17, 15) is 30.6 Å². The fourth-order valence-corrected chi connectivity index (χ4v) is 2.71. The van der Waals surface area contributed by atoms with Crippen molar-refractivity contribution in [1.82, 2.24) is 0 Å². The van der Waals surface area contributed by atoms with Gasteiger partial charge in [-0.15, -0.1) is 0 Å². The summed E-state index contributed by atoms with van der Waals surface area (Å²) in [7, 11) is -1.85. The Labute approximate surface area is 166 Å². The molecule has 10 heteroatoms. The molecule has 0 unspecified atom stereocenters. The average Bonchev–Trinajstić information content (AvgIpc) is 2.58. The van der Waals surface area contributed by atoms with Crippen molar-refractivity contribution in [2.45, 2.75) is 38.1 Å². The summed E-state index contributed by atoms with van der Waals surface area (Å²) in [5, 5.41) is 0. The van der Waals surface area contributed by atoms with E-state index in [2.05, 4.69) is 9.13 Å². The number of alkyl halides is 4. The second-order valence-corrected chi connectivity index (χ2v) is 8.85. The monoisotopic (exact) mass is 437 g/mol. The third kappa shape index (κ3) is 6.06. The van der Waals surface area contributed by atoms with Crippen molar-refractivity contribution in [3.05, 3.63) is 65.2 Å². The lowest BCUT2D eigenvalue weighted by Gasteiger charge is -2.18. The number of hydrogen-bond acceptors (Lipinski definition) is 2. The number of hydrogen-bond donors (Lipinski definition) is 0. The summed E-state index contributed by atoms with van der Waals surface area (Å²) in [6.07, 6.45) is -8.97. The molecule has 0 aliphatic carbocycles. The highest BCUT2D eigenvalue weighted by atomic mass is 32.2. The second-order valence-electron chi connectivity index (χ2n) is 6.95. The summed E-state index contributed by atoms with van der Waals surface area (Å²) in [5.74, 6) is -2.52. The largest absolute Gasteiger partial charge is 0.461 e. The summed E-state index contributed by atoms with van der Waals surface area (Å²) in [6.45, 7) is 4.87. The Kier molecular flexibility index (Phi) is 6.77. The Morgan fingerprint density at radius 3 is 2.07 bits per heavy atom. The van der Waals surface area contributed by atoms with Gasteiger partial charge in [0.15, 0.2) is 0 Å². The van der Waals surface area contributed by atoms with Crippen LogP contribution in [0.4, 0.5) is 26.3 Å². The van der Waals surface area contributed by atoms with Gasteiger partial charge in [0.25, 0.3) is 0 Å². The van der Waals surface area contributed by atoms with Gasteiger partial charge in [0, 0.05) is 17.2 Å². The average molecular weight is 437 g/mol. The third-order valence-electron chi connectivity index (χ3n) is 3.47. The molecule has 29 heavy (non-hydrogen) atoms. The summed E-state index contributed by atoms with van der Waals surface area (Å²) < 4.78 is 98.1. The van der Waals surface area contributed by atoms with E-state index in [0.717, 1.165) is 24.3 Å². The number of nitrogens with zero attached hydrogens (tertiary/aromatic N) is 1. The zero-order valence-electron chi connectivity index (χ0n) is 15.6. The van der Waals surface area contributed by atoms with Crippen LogP contribution in [-0.4, -0.2) is 27.2 Å². The topological polar surface area (TPSA) is 38.7 Å². The van der Waals surface area contributed by atoms with Gasteiger partial charge in [-0.25, -0.2) is 13.0 Å². The Hall–Kier alpha value is -2.36. The minimum atomic E-state index is -4.84. The SMILES string of the molecule is CC(C)(C)[S@@](=O)/N=C(/c1ccc(F)cc1)c1cc(F)cc(OC(F)(F)C(F)F)c1. The molecule has 2 aromatic carbocycles. The molecule has 1 atom stereocenters. The Morgan fingerprint density at radius 1 is 0.966 bits per heavy atom. The maximum Gasteiger partial charge on any atom is 0.461 e. The van der Waals surface area contributed by atoms with Crippen LogP contribution in [0.15, 0.2) is 46.9 Å². The molecule has 0 radical (unpaired) electrons. The van der Waals surface area contributed by atoms with E-state index in [4.69, 9.17) is 0 Å². The molecular weight excluding hydrogens is 420 g/mol. The van der Waals surface area contributed by atoms with Crippen LogP contribution >= 0.6 is 0 Å². The van der Waals surface area contributed by atoms with Crippen molar-refractivity contribution in [3.63, 3.8) is 0 Å². The minimum absolute atomic E-state index is 0.108. The van der Waals surface area contributed by atoms with Crippen molar-refractivity contribution in [2.24, 2.45) is 4.40 Å². The lowest BCUT2D eigenvalue weighted by atomic mass is 10.0. The summed E-state index contributed by atoms with van der Waals surface area (Å²) in [5.41, 5.74) is -0.0570. The first-order valence-electron chi connectivity index (χ1n) is 8.22. The van der Waals surface area contributed by atoms with Crippen molar-refractivity contribution in [2.75, 3.05) is 0 Å². The normalized spacial score (nSPS) is 14.2. The predicted octanol–water partition coefficient (Wildman–Crippen LogP) is 5.50.